The lowest BCUT2D eigenvalue weighted by Gasteiger charge is -2.20. The molecule has 0 aromatic heterocycles. The van der Waals surface area contributed by atoms with Crippen molar-refractivity contribution in [2.45, 2.75) is 296 Å². The summed E-state index contributed by atoms with van der Waals surface area (Å²) in [6.07, 6.45) is 59.0. The molecule has 6 heteroatoms. The van der Waals surface area contributed by atoms with Crippen LogP contribution in [0, 0.1) is 0 Å². The van der Waals surface area contributed by atoms with E-state index < -0.39 is 12.1 Å². The Kier molecular flexibility index (Phi) is 48.6. The lowest BCUT2D eigenvalue weighted by atomic mass is 10.0. The number of unbranched alkanes of at least 4 members (excludes halogenated alkanes) is 36. The quantitative estimate of drug-likeness (QED) is 0.0322. The minimum absolute atomic E-state index is 0.000583. The molecule has 6 nitrogen and oxygen atoms in total. The van der Waals surface area contributed by atoms with Crippen molar-refractivity contribution in [1.82, 2.24) is 5.32 Å². The van der Waals surface area contributed by atoms with Gasteiger partial charge in [0.05, 0.1) is 25.4 Å². The van der Waals surface area contributed by atoms with Crippen molar-refractivity contribution in [3.63, 3.8) is 0 Å². The second-order valence-electron chi connectivity index (χ2n) is 18.2. The molecule has 0 aromatic rings. The van der Waals surface area contributed by atoms with Crippen molar-refractivity contribution in [2.75, 3.05) is 13.2 Å². The summed E-state index contributed by atoms with van der Waals surface area (Å²) < 4.78 is 5.46. The second kappa shape index (κ2) is 50.0. The van der Waals surface area contributed by atoms with Crippen LogP contribution in [0.5, 0.6) is 0 Å². The van der Waals surface area contributed by atoms with E-state index in [0.29, 0.717) is 19.4 Å². The molecule has 2 atom stereocenters. The van der Waals surface area contributed by atoms with Gasteiger partial charge in [0.25, 0.3) is 0 Å². The number of allylic oxidation sites excluding steroid dienone is 3. The molecule has 0 rings (SSSR count). The van der Waals surface area contributed by atoms with Crippen LogP contribution < -0.4 is 5.32 Å². The predicted octanol–water partition coefficient (Wildman–Crippen LogP) is 15.9. The molecular weight excluding hydrogens is 743 g/mol. The molecule has 3 N–H and O–H groups in total. The number of aliphatic hydroxyl groups is 2. The number of nitrogens with one attached hydrogen (secondary N) is 1. The Bertz CT molecular complexity index is 935. The van der Waals surface area contributed by atoms with Gasteiger partial charge in [0.2, 0.25) is 5.91 Å². The number of esters is 1. The van der Waals surface area contributed by atoms with Crippen LogP contribution in [0.25, 0.3) is 0 Å². The van der Waals surface area contributed by atoms with Crippen LogP contribution in [-0.2, 0) is 14.3 Å². The SMILES string of the molecule is CCCCC/C=C\CCCCCCCC(=O)OCCCCCCCCCCCCCCCCCCCCCCC(=O)NC(CO)C(O)/C=C/CCCCCCCCCCC. The van der Waals surface area contributed by atoms with Gasteiger partial charge in [-0.1, -0.05) is 237 Å². The summed E-state index contributed by atoms with van der Waals surface area (Å²) in [4.78, 5) is 24.4. The first-order valence-corrected chi connectivity index (χ1v) is 26.6. The highest BCUT2D eigenvalue weighted by Gasteiger charge is 2.18. The summed E-state index contributed by atoms with van der Waals surface area (Å²) in [5.41, 5.74) is 0. The third-order valence-corrected chi connectivity index (χ3v) is 12.2. The fourth-order valence-electron chi connectivity index (χ4n) is 8.10. The van der Waals surface area contributed by atoms with Gasteiger partial charge in [0.1, 0.15) is 0 Å². The average Bonchev–Trinajstić information content (AvgIpc) is 3.25. The number of aliphatic hydroxyl groups excluding tert-OH is 2. The Morgan fingerprint density at radius 2 is 0.783 bits per heavy atom. The number of carbonyl (C=O) groups is 2. The molecule has 0 bridgehead atoms. The van der Waals surface area contributed by atoms with Crippen molar-refractivity contribution in [2.24, 2.45) is 0 Å². The molecule has 0 saturated heterocycles. The molecule has 0 aliphatic heterocycles. The number of carbonyl (C=O) groups excluding carboxylic acids is 2. The summed E-state index contributed by atoms with van der Waals surface area (Å²) in [7, 11) is 0. The van der Waals surface area contributed by atoms with Gasteiger partial charge in [-0.15, -0.1) is 0 Å². The van der Waals surface area contributed by atoms with E-state index in [-0.39, 0.29) is 18.5 Å². The molecule has 0 aromatic carbocycles. The van der Waals surface area contributed by atoms with Crippen LogP contribution in [0.1, 0.15) is 284 Å². The average molecular weight is 846 g/mol. The van der Waals surface area contributed by atoms with Crippen LogP contribution in [0.4, 0.5) is 0 Å². The zero-order valence-electron chi connectivity index (χ0n) is 40.2. The molecule has 60 heavy (non-hydrogen) atoms. The summed E-state index contributed by atoms with van der Waals surface area (Å²) >= 11 is 0. The summed E-state index contributed by atoms with van der Waals surface area (Å²) in [5, 5.41) is 23.0. The van der Waals surface area contributed by atoms with E-state index in [1.807, 2.05) is 6.08 Å². The summed E-state index contributed by atoms with van der Waals surface area (Å²) in [6, 6.07) is -0.627. The van der Waals surface area contributed by atoms with Crippen LogP contribution in [0.2, 0.25) is 0 Å². The van der Waals surface area contributed by atoms with E-state index in [2.05, 4.69) is 31.3 Å². The van der Waals surface area contributed by atoms with Crippen molar-refractivity contribution in [1.29, 1.82) is 0 Å². The number of hydrogen-bond donors (Lipinski definition) is 3. The maximum atomic E-state index is 12.4. The lowest BCUT2D eigenvalue weighted by Crippen LogP contribution is -2.45. The van der Waals surface area contributed by atoms with E-state index in [1.165, 1.54) is 212 Å². The van der Waals surface area contributed by atoms with Gasteiger partial charge in [-0.2, -0.15) is 0 Å². The number of ether oxygens (including phenoxy) is 1. The van der Waals surface area contributed by atoms with E-state index >= 15 is 0 Å². The van der Waals surface area contributed by atoms with Crippen LogP contribution in [-0.4, -0.2) is 47.4 Å². The predicted molar refractivity (Wildman–Crippen MR) is 260 cm³/mol. The first-order valence-electron chi connectivity index (χ1n) is 26.6. The van der Waals surface area contributed by atoms with Gasteiger partial charge in [0.15, 0.2) is 0 Å². The third-order valence-electron chi connectivity index (χ3n) is 12.2. The minimum atomic E-state index is -0.843. The highest BCUT2D eigenvalue weighted by atomic mass is 16.5. The molecule has 1 amide bonds. The molecule has 0 fully saturated rings. The normalized spacial score (nSPS) is 12.8. The number of amides is 1. The second-order valence-corrected chi connectivity index (χ2v) is 18.2. The third kappa shape index (κ3) is 45.9. The fourth-order valence-corrected chi connectivity index (χ4v) is 8.10. The lowest BCUT2D eigenvalue weighted by molar-refractivity contribution is -0.143. The summed E-state index contributed by atoms with van der Waals surface area (Å²) in [5.74, 6) is -0.0718. The molecule has 354 valence electrons. The van der Waals surface area contributed by atoms with Crippen molar-refractivity contribution >= 4 is 11.9 Å². The van der Waals surface area contributed by atoms with Crippen molar-refractivity contribution < 1.29 is 24.5 Å². The highest BCUT2D eigenvalue weighted by Crippen LogP contribution is 2.16. The van der Waals surface area contributed by atoms with Crippen LogP contribution in [0.3, 0.4) is 0 Å². The van der Waals surface area contributed by atoms with E-state index in [9.17, 15) is 19.8 Å². The number of rotatable bonds is 49. The van der Waals surface area contributed by atoms with Crippen molar-refractivity contribution in [3.05, 3.63) is 24.3 Å². The van der Waals surface area contributed by atoms with Gasteiger partial charge in [0, 0.05) is 12.8 Å². The van der Waals surface area contributed by atoms with Gasteiger partial charge in [-0.25, -0.2) is 0 Å². The molecule has 0 saturated carbocycles. The first kappa shape index (κ1) is 58.3. The molecule has 2 unspecified atom stereocenters. The van der Waals surface area contributed by atoms with Crippen LogP contribution >= 0.6 is 0 Å². The Balaban J connectivity index is 3.40. The van der Waals surface area contributed by atoms with Gasteiger partial charge in [-0.05, 0) is 57.8 Å². The monoisotopic (exact) mass is 846 g/mol. The molecule has 0 spiro atoms. The van der Waals surface area contributed by atoms with Crippen LogP contribution in [0.15, 0.2) is 24.3 Å². The minimum Gasteiger partial charge on any atom is -0.466 e. The standard InChI is InChI=1S/C54H103NO5/c1-3-5-7-9-11-13-15-28-32-36-40-44-48-54(59)60-49-45-41-37-33-29-25-23-21-19-17-16-18-20-22-24-27-31-35-39-43-47-53(58)55-51(50-56)52(57)46-42-38-34-30-26-14-12-10-8-6-4-2/h11,13,42,46,51-52,56-57H,3-10,12,14-41,43-45,47-50H2,1-2H3,(H,55,58)/b13-11-,46-42+. The number of hydrogen-bond acceptors (Lipinski definition) is 5. The first-order chi connectivity index (χ1) is 29.5. The zero-order valence-corrected chi connectivity index (χ0v) is 40.2. The van der Waals surface area contributed by atoms with E-state index in [1.54, 1.807) is 6.08 Å². The molecule has 0 aliphatic rings. The molecule has 0 radical (unpaired) electrons. The van der Waals surface area contributed by atoms with Crippen molar-refractivity contribution in [3.8, 4) is 0 Å². The molecule has 0 aliphatic carbocycles. The zero-order chi connectivity index (χ0) is 43.7. The molecular formula is C54H103NO5. The Labute approximate surface area is 373 Å². The Hall–Kier alpha value is -1.66. The maximum absolute atomic E-state index is 12.4. The smallest absolute Gasteiger partial charge is 0.305 e. The van der Waals surface area contributed by atoms with Gasteiger partial charge in [-0.3, -0.25) is 9.59 Å². The topological polar surface area (TPSA) is 95.9 Å². The van der Waals surface area contributed by atoms with E-state index in [4.69, 9.17) is 4.74 Å². The Morgan fingerprint density at radius 1 is 0.450 bits per heavy atom. The molecule has 0 heterocycles. The summed E-state index contributed by atoms with van der Waals surface area (Å²) in [6.45, 7) is 4.86. The maximum Gasteiger partial charge on any atom is 0.305 e. The largest absolute Gasteiger partial charge is 0.466 e. The fraction of sp³-hybridized carbons (Fsp3) is 0.889. The van der Waals surface area contributed by atoms with Gasteiger partial charge >= 0.3 is 5.97 Å². The van der Waals surface area contributed by atoms with Gasteiger partial charge < -0.3 is 20.3 Å². The highest BCUT2D eigenvalue weighted by molar-refractivity contribution is 5.76. The van der Waals surface area contributed by atoms with E-state index in [0.717, 1.165) is 44.9 Å². The Morgan fingerprint density at radius 3 is 1.22 bits per heavy atom.